The predicted octanol–water partition coefficient (Wildman–Crippen LogP) is 13.2. The van der Waals surface area contributed by atoms with Gasteiger partial charge in [-0.2, -0.15) is 0 Å². The van der Waals surface area contributed by atoms with Gasteiger partial charge in [-0.3, -0.25) is 0 Å². The fourth-order valence-corrected chi connectivity index (χ4v) is 9.01. The average Bonchev–Trinajstić information content (AvgIpc) is 3.63. The quantitative estimate of drug-likeness (QED) is 0.174. The summed E-state index contributed by atoms with van der Waals surface area (Å²) in [5.74, 6) is 2.01. The van der Waals surface area contributed by atoms with Crippen LogP contribution in [0.2, 0.25) is 0 Å². The van der Waals surface area contributed by atoms with Crippen molar-refractivity contribution in [3.8, 4) is 67.5 Å². The average molecular weight is 696 g/mol. The highest BCUT2D eigenvalue weighted by Gasteiger charge is 2.20. The summed E-state index contributed by atoms with van der Waals surface area (Å²) in [5, 5.41) is 3.75. The third-order valence-corrected chi connectivity index (χ3v) is 11.5. The standard InChI is InChI=1S/C49H33N3S/c1-3-15-32(16-4-1)39-30-29-33-17-7-8-23-38(33)45(39)41-25-10-9-22-37(41)35-20-13-21-36(31-35)48-50-47(34-18-5-2-6-19-34)51-49(52-48)43-27-14-26-42-40-24-11-12-28-44(40)53-46(42)43/h1-10,12-23,25-31H,11,24H2. The molecule has 2 heterocycles. The first-order valence-electron chi connectivity index (χ1n) is 18.1. The van der Waals surface area contributed by atoms with E-state index in [0.717, 1.165) is 40.7 Å². The molecule has 0 saturated carbocycles. The van der Waals surface area contributed by atoms with Gasteiger partial charge in [-0.05, 0) is 86.2 Å². The fraction of sp³-hybridized carbons (Fsp3) is 0.0408. The summed E-state index contributed by atoms with van der Waals surface area (Å²) in [6, 6.07) is 58.1. The highest BCUT2D eigenvalue weighted by Crippen LogP contribution is 2.44. The molecule has 0 N–H and O–H groups in total. The molecule has 0 aliphatic heterocycles. The summed E-state index contributed by atoms with van der Waals surface area (Å²) in [7, 11) is 0. The minimum atomic E-state index is 0.654. The topological polar surface area (TPSA) is 38.7 Å². The first-order chi connectivity index (χ1) is 26.3. The Hall–Kier alpha value is -6.49. The van der Waals surface area contributed by atoms with E-state index in [2.05, 4.69) is 158 Å². The molecule has 0 amide bonds. The number of hydrogen-bond acceptors (Lipinski definition) is 4. The van der Waals surface area contributed by atoms with Crippen LogP contribution in [0.4, 0.5) is 0 Å². The van der Waals surface area contributed by atoms with E-state index in [0.29, 0.717) is 17.5 Å². The molecule has 4 heteroatoms. The van der Waals surface area contributed by atoms with Gasteiger partial charge >= 0.3 is 0 Å². The van der Waals surface area contributed by atoms with Gasteiger partial charge in [0.15, 0.2) is 17.5 Å². The minimum absolute atomic E-state index is 0.654. The molecular weight excluding hydrogens is 663 g/mol. The number of nitrogens with zero attached hydrogens (tertiary/aromatic N) is 3. The SMILES string of the molecule is C1=Cc2sc3c(-c4nc(-c5ccccc5)nc(-c5cccc(-c6ccccc6-c6c(-c7ccccc7)ccc7ccccc67)c5)n4)cccc3c2CC1. The Morgan fingerprint density at radius 2 is 1.06 bits per heavy atom. The first-order valence-corrected chi connectivity index (χ1v) is 18.9. The fourth-order valence-electron chi connectivity index (χ4n) is 7.72. The first kappa shape index (κ1) is 31.3. The van der Waals surface area contributed by atoms with Gasteiger partial charge in [0.2, 0.25) is 0 Å². The molecule has 7 aromatic carbocycles. The molecule has 3 nitrogen and oxygen atoms in total. The third kappa shape index (κ3) is 5.65. The van der Waals surface area contributed by atoms with Crippen LogP contribution < -0.4 is 0 Å². The third-order valence-electron chi connectivity index (χ3n) is 10.2. The van der Waals surface area contributed by atoms with Crippen LogP contribution in [-0.2, 0) is 6.42 Å². The van der Waals surface area contributed by atoms with Gasteiger partial charge in [-0.15, -0.1) is 11.3 Å². The number of benzene rings is 7. The van der Waals surface area contributed by atoms with Crippen molar-refractivity contribution in [3.05, 3.63) is 180 Å². The number of rotatable bonds is 6. The van der Waals surface area contributed by atoms with E-state index in [9.17, 15) is 0 Å². The number of allylic oxidation sites excluding steroid dienone is 1. The molecule has 9 aromatic rings. The van der Waals surface area contributed by atoms with Gasteiger partial charge in [-0.25, -0.2) is 15.0 Å². The van der Waals surface area contributed by atoms with Gasteiger partial charge in [0.25, 0.3) is 0 Å². The van der Waals surface area contributed by atoms with Crippen molar-refractivity contribution in [1.82, 2.24) is 15.0 Å². The Bertz CT molecular complexity index is 2840. The Kier molecular flexibility index (Phi) is 7.81. The van der Waals surface area contributed by atoms with Crippen molar-refractivity contribution >= 4 is 38.3 Å². The maximum Gasteiger partial charge on any atom is 0.165 e. The molecule has 53 heavy (non-hydrogen) atoms. The van der Waals surface area contributed by atoms with Gasteiger partial charge in [-0.1, -0.05) is 158 Å². The molecule has 2 aromatic heterocycles. The Balaban J connectivity index is 1.15. The van der Waals surface area contributed by atoms with E-state index in [4.69, 9.17) is 15.0 Å². The number of hydrogen-bond donors (Lipinski definition) is 0. The highest BCUT2D eigenvalue weighted by molar-refractivity contribution is 7.20. The highest BCUT2D eigenvalue weighted by atomic mass is 32.1. The molecule has 0 fully saturated rings. The second kappa shape index (κ2) is 13.2. The van der Waals surface area contributed by atoms with Crippen molar-refractivity contribution in [3.63, 3.8) is 0 Å². The Morgan fingerprint density at radius 1 is 0.434 bits per heavy atom. The van der Waals surface area contributed by atoms with E-state index in [1.165, 1.54) is 53.6 Å². The van der Waals surface area contributed by atoms with Gasteiger partial charge in [0.1, 0.15) is 0 Å². The van der Waals surface area contributed by atoms with Crippen LogP contribution in [0.25, 0.3) is 94.5 Å². The van der Waals surface area contributed by atoms with E-state index in [-0.39, 0.29) is 0 Å². The maximum absolute atomic E-state index is 5.23. The van der Waals surface area contributed by atoms with E-state index >= 15 is 0 Å². The van der Waals surface area contributed by atoms with Crippen LogP contribution >= 0.6 is 11.3 Å². The number of thiophene rings is 1. The summed E-state index contributed by atoms with van der Waals surface area (Å²) >= 11 is 1.84. The Morgan fingerprint density at radius 3 is 1.91 bits per heavy atom. The van der Waals surface area contributed by atoms with Crippen LogP contribution in [0.1, 0.15) is 16.9 Å². The minimum Gasteiger partial charge on any atom is -0.208 e. The van der Waals surface area contributed by atoms with Crippen LogP contribution in [0.15, 0.2) is 170 Å². The lowest BCUT2D eigenvalue weighted by Crippen LogP contribution is -2.00. The number of fused-ring (bicyclic) bond motifs is 4. The van der Waals surface area contributed by atoms with Crippen molar-refractivity contribution in [1.29, 1.82) is 0 Å². The summed E-state index contributed by atoms with van der Waals surface area (Å²) in [4.78, 5) is 16.8. The predicted molar refractivity (Wildman–Crippen MR) is 223 cm³/mol. The summed E-state index contributed by atoms with van der Waals surface area (Å²) in [5.41, 5.74) is 11.5. The molecule has 0 saturated heterocycles. The zero-order valence-corrected chi connectivity index (χ0v) is 29.7. The van der Waals surface area contributed by atoms with Crippen molar-refractivity contribution in [2.75, 3.05) is 0 Å². The lowest BCUT2D eigenvalue weighted by atomic mass is 9.86. The molecule has 0 bridgehead atoms. The molecule has 1 aliphatic rings. The largest absolute Gasteiger partial charge is 0.208 e. The van der Waals surface area contributed by atoms with Crippen LogP contribution in [0.3, 0.4) is 0 Å². The molecule has 0 unspecified atom stereocenters. The number of aromatic nitrogens is 3. The molecular formula is C49H33N3S. The molecule has 1 aliphatic carbocycles. The zero-order valence-electron chi connectivity index (χ0n) is 28.9. The molecule has 10 rings (SSSR count). The van der Waals surface area contributed by atoms with E-state index in [1.807, 2.05) is 29.5 Å². The van der Waals surface area contributed by atoms with Crippen molar-refractivity contribution in [2.45, 2.75) is 12.8 Å². The number of aryl methyl sites for hydroxylation is 1. The van der Waals surface area contributed by atoms with E-state index < -0.39 is 0 Å². The normalized spacial score (nSPS) is 12.3. The van der Waals surface area contributed by atoms with Crippen LogP contribution in [0.5, 0.6) is 0 Å². The summed E-state index contributed by atoms with van der Waals surface area (Å²) < 4.78 is 1.23. The van der Waals surface area contributed by atoms with Crippen LogP contribution in [-0.4, -0.2) is 15.0 Å². The second-order valence-corrected chi connectivity index (χ2v) is 14.5. The Labute approximate surface area is 312 Å². The van der Waals surface area contributed by atoms with Crippen molar-refractivity contribution < 1.29 is 0 Å². The zero-order chi connectivity index (χ0) is 35.1. The maximum atomic E-state index is 5.23. The summed E-state index contributed by atoms with van der Waals surface area (Å²) in [6.45, 7) is 0. The van der Waals surface area contributed by atoms with E-state index in [1.54, 1.807) is 0 Å². The van der Waals surface area contributed by atoms with Crippen molar-refractivity contribution in [2.24, 2.45) is 0 Å². The smallest absolute Gasteiger partial charge is 0.165 e. The van der Waals surface area contributed by atoms with Crippen LogP contribution in [0, 0.1) is 0 Å². The van der Waals surface area contributed by atoms with Gasteiger partial charge in [0, 0.05) is 26.3 Å². The lowest BCUT2D eigenvalue weighted by molar-refractivity contribution is 1.01. The van der Waals surface area contributed by atoms with Gasteiger partial charge in [0.05, 0.1) is 0 Å². The lowest BCUT2D eigenvalue weighted by Gasteiger charge is -2.18. The molecule has 0 spiro atoms. The summed E-state index contributed by atoms with van der Waals surface area (Å²) in [6.07, 6.45) is 6.68. The van der Waals surface area contributed by atoms with Gasteiger partial charge < -0.3 is 0 Å². The monoisotopic (exact) mass is 695 g/mol. The molecule has 0 radical (unpaired) electrons. The molecule has 250 valence electrons. The molecule has 0 atom stereocenters. The second-order valence-electron chi connectivity index (χ2n) is 13.4.